The van der Waals surface area contributed by atoms with Crippen LogP contribution in [0.25, 0.3) is 0 Å². The van der Waals surface area contributed by atoms with Gasteiger partial charge in [0.05, 0.1) is 5.25 Å². The van der Waals surface area contributed by atoms with Crippen LogP contribution < -0.4 is 10.6 Å². The largest absolute Gasteiger partial charge is 0.355 e. The number of hydrogen-bond acceptors (Lipinski definition) is 6. The van der Waals surface area contributed by atoms with Crippen LogP contribution >= 0.6 is 39.0 Å². The lowest BCUT2D eigenvalue weighted by atomic mass is 10.1. The second-order valence-electron chi connectivity index (χ2n) is 5.80. The van der Waals surface area contributed by atoms with Gasteiger partial charge in [0.2, 0.25) is 11.0 Å². The lowest BCUT2D eigenvalue weighted by Crippen LogP contribution is -2.32. The Kier molecular flexibility index (Phi) is 7.25. The average Bonchev–Trinajstić information content (AvgIpc) is 3.09. The summed E-state index contributed by atoms with van der Waals surface area (Å²) in [6.07, 6.45) is 0.823. The fourth-order valence-electron chi connectivity index (χ4n) is 2.32. The Balaban J connectivity index is 1.46. The molecular formula is C19H19BrN4OS2. The van der Waals surface area contributed by atoms with Crippen LogP contribution in [0.15, 0.2) is 63.4 Å². The number of amides is 1. The first-order valence-electron chi connectivity index (χ1n) is 8.44. The highest BCUT2D eigenvalue weighted by Gasteiger charge is 2.17. The highest BCUT2D eigenvalue weighted by atomic mass is 79.9. The first-order valence-corrected chi connectivity index (χ1v) is 10.9. The van der Waals surface area contributed by atoms with Crippen LogP contribution in [0.3, 0.4) is 0 Å². The van der Waals surface area contributed by atoms with Gasteiger partial charge in [-0.25, -0.2) is 0 Å². The summed E-state index contributed by atoms with van der Waals surface area (Å²) < 4.78 is 1.76. The molecule has 0 saturated heterocycles. The summed E-state index contributed by atoms with van der Waals surface area (Å²) in [5.41, 5.74) is 2.15. The Hall–Kier alpha value is -1.90. The van der Waals surface area contributed by atoms with E-state index in [1.165, 1.54) is 28.7 Å². The predicted molar refractivity (Wildman–Crippen MR) is 116 cm³/mol. The van der Waals surface area contributed by atoms with E-state index in [0.717, 1.165) is 20.9 Å². The molecule has 1 atom stereocenters. The summed E-state index contributed by atoms with van der Waals surface area (Å²) in [7, 11) is 0. The summed E-state index contributed by atoms with van der Waals surface area (Å²) >= 11 is 6.29. The van der Waals surface area contributed by atoms with Gasteiger partial charge in [-0.1, -0.05) is 75.4 Å². The smallest absolute Gasteiger partial charge is 0.233 e. The van der Waals surface area contributed by atoms with E-state index in [1.807, 2.05) is 49.4 Å². The summed E-state index contributed by atoms with van der Waals surface area (Å²) in [6.45, 7) is 2.50. The molecule has 3 rings (SSSR count). The SMILES string of the molecule is CC(Sc1nnc(Nc2cccc(Br)c2)s1)C(=O)NCCc1ccccc1. The zero-order valence-corrected chi connectivity index (χ0v) is 17.9. The third-order valence-corrected chi connectivity index (χ3v) is 6.20. The van der Waals surface area contributed by atoms with Crippen LogP contribution in [-0.2, 0) is 11.2 Å². The fourth-order valence-corrected chi connectivity index (χ4v) is 4.66. The highest BCUT2D eigenvalue weighted by Crippen LogP contribution is 2.30. The first kappa shape index (κ1) is 19.9. The molecule has 27 heavy (non-hydrogen) atoms. The van der Waals surface area contributed by atoms with Crippen molar-refractivity contribution in [3.63, 3.8) is 0 Å². The van der Waals surface area contributed by atoms with Gasteiger partial charge in [0.1, 0.15) is 0 Å². The van der Waals surface area contributed by atoms with Crippen LogP contribution in [0, 0.1) is 0 Å². The molecule has 8 heteroatoms. The van der Waals surface area contributed by atoms with E-state index in [0.29, 0.717) is 11.7 Å². The van der Waals surface area contributed by atoms with Crippen molar-refractivity contribution >= 4 is 55.8 Å². The van der Waals surface area contributed by atoms with Gasteiger partial charge in [0.25, 0.3) is 0 Å². The van der Waals surface area contributed by atoms with Crippen molar-refractivity contribution in [2.24, 2.45) is 0 Å². The Morgan fingerprint density at radius 2 is 2.00 bits per heavy atom. The number of benzene rings is 2. The number of rotatable bonds is 8. The molecule has 1 aromatic heterocycles. The predicted octanol–water partition coefficient (Wildman–Crippen LogP) is 4.88. The van der Waals surface area contributed by atoms with E-state index >= 15 is 0 Å². The Labute approximate surface area is 175 Å². The molecule has 0 aliphatic carbocycles. The molecule has 0 aliphatic heterocycles. The quantitative estimate of drug-likeness (QED) is 0.466. The fraction of sp³-hybridized carbons (Fsp3) is 0.211. The molecule has 0 spiro atoms. The third-order valence-electron chi connectivity index (χ3n) is 3.68. The van der Waals surface area contributed by atoms with Crippen LogP contribution in [0.2, 0.25) is 0 Å². The molecule has 1 unspecified atom stereocenters. The van der Waals surface area contributed by atoms with E-state index in [-0.39, 0.29) is 11.2 Å². The highest BCUT2D eigenvalue weighted by molar-refractivity contribution is 9.10. The minimum absolute atomic E-state index is 0.00707. The molecule has 140 valence electrons. The Morgan fingerprint density at radius 1 is 1.19 bits per heavy atom. The van der Waals surface area contributed by atoms with Crippen LogP contribution in [0.5, 0.6) is 0 Å². The monoisotopic (exact) mass is 462 g/mol. The molecule has 5 nitrogen and oxygen atoms in total. The van der Waals surface area contributed by atoms with Gasteiger partial charge in [-0.15, -0.1) is 10.2 Å². The zero-order valence-electron chi connectivity index (χ0n) is 14.7. The van der Waals surface area contributed by atoms with E-state index in [9.17, 15) is 4.79 Å². The van der Waals surface area contributed by atoms with E-state index < -0.39 is 0 Å². The van der Waals surface area contributed by atoms with Crippen molar-refractivity contribution in [2.75, 3.05) is 11.9 Å². The van der Waals surface area contributed by atoms with Gasteiger partial charge < -0.3 is 10.6 Å². The van der Waals surface area contributed by atoms with Crippen molar-refractivity contribution in [1.82, 2.24) is 15.5 Å². The normalized spacial score (nSPS) is 11.8. The van der Waals surface area contributed by atoms with Crippen molar-refractivity contribution in [3.8, 4) is 0 Å². The van der Waals surface area contributed by atoms with E-state index in [4.69, 9.17) is 0 Å². The first-order chi connectivity index (χ1) is 13.1. The lowest BCUT2D eigenvalue weighted by Gasteiger charge is -2.10. The molecule has 1 amide bonds. The summed E-state index contributed by atoms with van der Waals surface area (Å²) in [5.74, 6) is 0.00707. The number of aromatic nitrogens is 2. The molecular weight excluding hydrogens is 444 g/mol. The molecule has 3 aromatic rings. The molecule has 0 bridgehead atoms. The number of carbonyl (C=O) groups is 1. The zero-order chi connectivity index (χ0) is 19.1. The van der Waals surface area contributed by atoms with Crippen molar-refractivity contribution < 1.29 is 4.79 Å². The maximum atomic E-state index is 12.3. The standard InChI is InChI=1S/C19H19BrN4OS2/c1-13(17(25)21-11-10-14-6-3-2-4-7-14)26-19-24-23-18(27-19)22-16-9-5-8-15(20)12-16/h2-9,12-13H,10-11H2,1H3,(H,21,25)(H,22,23). The van der Waals surface area contributed by atoms with Gasteiger partial charge in [0.15, 0.2) is 4.34 Å². The van der Waals surface area contributed by atoms with E-state index in [2.05, 4.69) is 48.9 Å². The number of thioether (sulfide) groups is 1. The summed E-state index contributed by atoms with van der Waals surface area (Å²) in [5, 5.41) is 15.0. The van der Waals surface area contributed by atoms with Gasteiger partial charge >= 0.3 is 0 Å². The minimum Gasteiger partial charge on any atom is -0.355 e. The number of hydrogen-bond donors (Lipinski definition) is 2. The Bertz CT molecular complexity index is 888. The number of nitrogens with one attached hydrogen (secondary N) is 2. The van der Waals surface area contributed by atoms with Crippen molar-refractivity contribution in [2.45, 2.75) is 22.9 Å². The second-order valence-corrected chi connectivity index (χ2v) is 9.28. The minimum atomic E-state index is -0.229. The Morgan fingerprint density at radius 3 is 2.78 bits per heavy atom. The lowest BCUT2D eigenvalue weighted by molar-refractivity contribution is -0.120. The van der Waals surface area contributed by atoms with Gasteiger partial charge in [-0.2, -0.15) is 0 Å². The number of carbonyl (C=O) groups excluding carboxylic acids is 1. The maximum absolute atomic E-state index is 12.3. The van der Waals surface area contributed by atoms with Crippen molar-refractivity contribution in [3.05, 3.63) is 64.6 Å². The van der Waals surface area contributed by atoms with Gasteiger partial charge in [0, 0.05) is 16.7 Å². The molecule has 1 heterocycles. The molecule has 0 saturated carbocycles. The summed E-state index contributed by atoms with van der Waals surface area (Å²) in [6, 6.07) is 18.0. The maximum Gasteiger partial charge on any atom is 0.233 e. The molecule has 0 radical (unpaired) electrons. The molecule has 0 fully saturated rings. The van der Waals surface area contributed by atoms with E-state index in [1.54, 1.807) is 0 Å². The van der Waals surface area contributed by atoms with Crippen molar-refractivity contribution in [1.29, 1.82) is 0 Å². The van der Waals surface area contributed by atoms with Crippen LogP contribution in [0.4, 0.5) is 10.8 Å². The second kappa shape index (κ2) is 9.87. The van der Waals surface area contributed by atoms with Crippen LogP contribution in [-0.4, -0.2) is 27.9 Å². The topological polar surface area (TPSA) is 66.9 Å². The number of halogens is 1. The molecule has 2 N–H and O–H groups in total. The van der Waals surface area contributed by atoms with Gasteiger partial charge in [-0.3, -0.25) is 4.79 Å². The van der Waals surface area contributed by atoms with Crippen LogP contribution in [0.1, 0.15) is 12.5 Å². The summed E-state index contributed by atoms with van der Waals surface area (Å²) in [4.78, 5) is 12.3. The molecule has 0 aliphatic rings. The number of anilines is 2. The number of nitrogens with zero attached hydrogens (tertiary/aromatic N) is 2. The molecule has 2 aromatic carbocycles. The average molecular weight is 463 g/mol. The third kappa shape index (κ3) is 6.34. The van der Waals surface area contributed by atoms with Gasteiger partial charge in [-0.05, 0) is 37.1 Å².